The Balaban J connectivity index is -0.000000217. The number of rotatable bonds is 7. The lowest BCUT2D eigenvalue weighted by Gasteiger charge is -2.25. The van der Waals surface area contributed by atoms with E-state index in [9.17, 15) is 14.4 Å². The number of allylic oxidation sites excluding steroid dienone is 1. The number of nitrogens with one attached hydrogen (secondary N) is 2. The molecule has 184 valence electrons. The predicted molar refractivity (Wildman–Crippen MR) is 129 cm³/mol. The van der Waals surface area contributed by atoms with Gasteiger partial charge in [0.15, 0.2) is 0 Å². The van der Waals surface area contributed by atoms with Gasteiger partial charge in [0.25, 0.3) is 0 Å². The van der Waals surface area contributed by atoms with Crippen molar-refractivity contribution in [1.82, 2.24) is 15.7 Å². The van der Waals surface area contributed by atoms with Gasteiger partial charge in [-0.3, -0.25) is 14.8 Å². The van der Waals surface area contributed by atoms with Crippen molar-refractivity contribution in [3.8, 4) is 12.8 Å². The molecule has 0 aromatic rings. The number of amides is 3. The third-order valence-electron chi connectivity index (χ3n) is 2.41. The minimum absolute atomic E-state index is 0.0247. The highest BCUT2D eigenvalue weighted by molar-refractivity contribution is 5.81. The van der Waals surface area contributed by atoms with Crippen LogP contribution < -0.4 is 10.8 Å². The first kappa shape index (κ1) is 39.0. The van der Waals surface area contributed by atoms with E-state index in [2.05, 4.69) is 24.7 Å². The van der Waals surface area contributed by atoms with Gasteiger partial charge in [-0.1, -0.05) is 47.6 Å². The zero-order valence-electron chi connectivity index (χ0n) is 21.4. The molecule has 0 aromatic carbocycles. The first-order chi connectivity index (χ1) is 14.5. The van der Waals surface area contributed by atoms with E-state index in [1.807, 2.05) is 48.5 Å². The number of carbonyl (C=O) groups excluding carboxylic acids is 3. The largest absolute Gasteiger partial charge is 0.459 e. The van der Waals surface area contributed by atoms with Crippen molar-refractivity contribution in [3.05, 3.63) is 12.7 Å². The van der Waals surface area contributed by atoms with Gasteiger partial charge in [-0.15, -0.1) is 19.4 Å². The standard InChI is InChI=1S/C14H27N3O5.C3H6.2C2H6.C2H2/c1-10(2)9-17(7-6-11(18)16-21)13(20)15-8-12(19)22-14(3,4)5;1-3-2;3*1-2/h10,21H,6-9H2,1-5H3,(H,15,20)(H,16,18);3H,1H2,2H3;2*1-2H3;1-2H. The van der Waals surface area contributed by atoms with E-state index in [4.69, 9.17) is 9.94 Å². The second-order valence-corrected chi connectivity index (χ2v) is 6.78. The molecule has 3 N–H and O–H groups in total. The van der Waals surface area contributed by atoms with Crippen LogP contribution in [0.2, 0.25) is 0 Å². The van der Waals surface area contributed by atoms with Crippen LogP contribution in [0.5, 0.6) is 0 Å². The molecule has 8 nitrogen and oxygen atoms in total. The molecule has 0 saturated carbocycles. The van der Waals surface area contributed by atoms with Gasteiger partial charge >= 0.3 is 12.0 Å². The van der Waals surface area contributed by atoms with Gasteiger partial charge in [0.05, 0.1) is 0 Å². The average Bonchev–Trinajstić information content (AvgIpc) is 2.72. The summed E-state index contributed by atoms with van der Waals surface area (Å²) in [5, 5.41) is 10.9. The average molecular weight is 446 g/mol. The van der Waals surface area contributed by atoms with Crippen LogP contribution in [0, 0.1) is 18.8 Å². The summed E-state index contributed by atoms with van der Waals surface area (Å²) in [6, 6.07) is -0.453. The lowest BCUT2D eigenvalue weighted by molar-refractivity contribution is -0.153. The van der Waals surface area contributed by atoms with Gasteiger partial charge in [0, 0.05) is 19.5 Å². The Morgan fingerprint density at radius 1 is 1.13 bits per heavy atom. The highest BCUT2D eigenvalue weighted by Gasteiger charge is 2.20. The van der Waals surface area contributed by atoms with E-state index in [0.717, 1.165) is 0 Å². The van der Waals surface area contributed by atoms with Crippen molar-refractivity contribution < 1.29 is 24.3 Å². The Labute approximate surface area is 190 Å². The molecule has 3 amide bonds. The Hall–Kier alpha value is -2.53. The molecule has 0 aromatic heterocycles. The molecule has 0 bridgehead atoms. The Morgan fingerprint density at radius 3 is 1.87 bits per heavy atom. The molecule has 0 aliphatic carbocycles. The number of carbonyl (C=O) groups is 3. The number of hydroxylamine groups is 1. The van der Waals surface area contributed by atoms with Crippen LogP contribution in [-0.2, 0) is 14.3 Å². The van der Waals surface area contributed by atoms with Gasteiger partial charge in [0.2, 0.25) is 5.91 Å². The maximum Gasteiger partial charge on any atom is 0.325 e. The van der Waals surface area contributed by atoms with E-state index in [1.165, 1.54) is 10.4 Å². The monoisotopic (exact) mass is 445 g/mol. The Bertz CT molecular complexity index is 470. The summed E-state index contributed by atoms with van der Waals surface area (Å²) in [6.45, 7) is 22.7. The summed E-state index contributed by atoms with van der Waals surface area (Å²) in [4.78, 5) is 36.1. The quantitative estimate of drug-likeness (QED) is 0.177. The summed E-state index contributed by atoms with van der Waals surface area (Å²) >= 11 is 0. The fourth-order valence-electron chi connectivity index (χ4n) is 1.65. The van der Waals surface area contributed by atoms with Crippen molar-refractivity contribution in [1.29, 1.82) is 0 Å². The summed E-state index contributed by atoms with van der Waals surface area (Å²) in [6.07, 6.45) is 9.73. The van der Waals surface area contributed by atoms with Crippen molar-refractivity contribution >= 4 is 17.9 Å². The van der Waals surface area contributed by atoms with E-state index in [1.54, 1.807) is 26.8 Å². The van der Waals surface area contributed by atoms with Crippen molar-refractivity contribution in [3.63, 3.8) is 0 Å². The van der Waals surface area contributed by atoms with Gasteiger partial charge < -0.3 is 15.0 Å². The van der Waals surface area contributed by atoms with Crippen LogP contribution in [0.3, 0.4) is 0 Å². The summed E-state index contributed by atoms with van der Waals surface area (Å²) in [5.41, 5.74) is 0.905. The van der Waals surface area contributed by atoms with E-state index in [-0.39, 0.29) is 25.4 Å². The Kier molecular flexibility index (Phi) is 34.6. The second-order valence-electron chi connectivity index (χ2n) is 6.78. The minimum atomic E-state index is -0.612. The maximum atomic E-state index is 12.1. The first-order valence-electron chi connectivity index (χ1n) is 10.5. The molecule has 0 aliphatic rings. The van der Waals surface area contributed by atoms with Crippen molar-refractivity contribution in [2.45, 2.75) is 81.3 Å². The van der Waals surface area contributed by atoms with Gasteiger partial charge in [-0.2, -0.15) is 0 Å². The number of urea groups is 1. The van der Waals surface area contributed by atoms with Gasteiger partial charge in [-0.05, 0) is 33.6 Å². The number of esters is 1. The van der Waals surface area contributed by atoms with E-state index in [0.29, 0.717) is 6.54 Å². The number of hydrogen-bond donors (Lipinski definition) is 3. The normalized spacial score (nSPS) is 8.71. The maximum absolute atomic E-state index is 12.1. The molecule has 0 radical (unpaired) electrons. The van der Waals surface area contributed by atoms with Crippen LogP contribution in [0.4, 0.5) is 4.79 Å². The molecule has 0 atom stereocenters. The number of hydrogen-bond acceptors (Lipinski definition) is 5. The molecule has 0 heterocycles. The molecule has 8 heteroatoms. The number of terminal acetylenes is 1. The van der Waals surface area contributed by atoms with Crippen LogP contribution in [0.25, 0.3) is 0 Å². The summed E-state index contributed by atoms with van der Waals surface area (Å²) < 4.78 is 5.10. The molecule has 0 aliphatic heterocycles. The Morgan fingerprint density at radius 2 is 1.55 bits per heavy atom. The smallest absolute Gasteiger partial charge is 0.325 e. The fourth-order valence-corrected chi connectivity index (χ4v) is 1.65. The van der Waals surface area contributed by atoms with Crippen LogP contribution in [0.15, 0.2) is 12.7 Å². The lowest BCUT2D eigenvalue weighted by atomic mass is 10.2. The fraction of sp³-hybridized carbons (Fsp3) is 0.696. The zero-order valence-corrected chi connectivity index (χ0v) is 21.4. The number of ether oxygens (including phenoxy) is 1. The molecule has 0 spiro atoms. The van der Waals surface area contributed by atoms with Crippen LogP contribution >= 0.6 is 0 Å². The molecule has 0 rings (SSSR count). The molecule has 0 saturated heterocycles. The van der Waals surface area contributed by atoms with Gasteiger partial charge in [0.1, 0.15) is 12.1 Å². The third kappa shape index (κ3) is 35.3. The first-order valence-corrected chi connectivity index (χ1v) is 10.5. The van der Waals surface area contributed by atoms with Crippen molar-refractivity contribution in [2.75, 3.05) is 19.6 Å². The lowest BCUT2D eigenvalue weighted by Crippen LogP contribution is -2.45. The highest BCUT2D eigenvalue weighted by Crippen LogP contribution is 2.06. The zero-order chi connectivity index (χ0) is 26.0. The van der Waals surface area contributed by atoms with Crippen LogP contribution in [0.1, 0.15) is 75.7 Å². The van der Waals surface area contributed by atoms with E-state index < -0.39 is 23.5 Å². The molecule has 0 unspecified atom stereocenters. The summed E-state index contributed by atoms with van der Waals surface area (Å²) in [7, 11) is 0. The second kappa shape index (κ2) is 27.5. The minimum Gasteiger partial charge on any atom is -0.459 e. The topological polar surface area (TPSA) is 108 Å². The van der Waals surface area contributed by atoms with E-state index >= 15 is 0 Å². The highest BCUT2D eigenvalue weighted by atomic mass is 16.6. The summed E-state index contributed by atoms with van der Waals surface area (Å²) in [5.74, 6) is -0.906. The molecular weight excluding hydrogens is 398 g/mol. The SMILES string of the molecule is C#C.C=CC.CC.CC.CC(C)CN(CCC(=O)NO)C(=O)NCC(=O)OC(C)(C)C. The molecule has 0 fully saturated rings. The molecule has 31 heavy (non-hydrogen) atoms. The van der Waals surface area contributed by atoms with Crippen molar-refractivity contribution in [2.24, 2.45) is 5.92 Å². The molecular formula is C23H47N3O5. The number of nitrogens with zero attached hydrogens (tertiary/aromatic N) is 1. The predicted octanol–water partition coefficient (Wildman–Crippen LogP) is 4.39. The third-order valence-corrected chi connectivity index (χ3v) is 2.41. The van der Waals surface area contributed by atoms with Crippen LogP contribution in [-0.4, -0.2) is 53.3 Å². The van der Waals surface area contributed by atoms with Gasteiger partial charge in [-0.25, -0.2) is 10.3 Å².